The standard InChI is InChI=1S/C11H19N5O2/c1-11(2,9(17)18)8-5-4-6-16(7-8)10-12-13-14-15(10)3/h8H,4-7H2,1-3H3,(H,17,18). The number of rotatable bonds is 3. The highest BCUT2D eigenvalue weighted by Crippen LogP contribution is 2.35. The molecule has 0 aliphatic carbocycles. The molecule has 0 amide bonds. The van der Waals surface area contributed by atoms with Crippen LogP contribution in [0.4, 0.5) is 5.95 Å². The number of aliphatic carboxylic acids is 1. The summed E-state index contributed by atoms with van der Waals surface area (Å²) in [4.78, 5) is 13.4. The minimum Gasteiger partial charge on any atom is -0.481 e. The van der Waals surface area contributed by atoms with Gasteiger partial charge in [0.15, 0.2) is 0 Å². The van der Waals surface area contributed by atoms with E-state index in [2.05, 4.69) is 20.4 Å². The summed E-state index contributed by atoms with van der Waals surface area (Å²) in [7, 11) is 1.79. The van der Waals surface area contributed by atoms with E-state index in [1.165, 1.54) is 0 Å². The molecule has 0 saturated carbocycles. The second kappa shape index (κ2) is 4.55. The van der Waals surface area contributed by atoms with Gasteiger partial charge in [-0.2, -0.15) is 0 Å². The first-order chi connectivity index (χ1) is 8.43. The maximum absolute atomic E-state index is 11.3. The Morgan fingerprint density at radius 1 is 1.50 bits per heavy atom. The summed E-state index contributed by atoms with van der Waals surface area (Å²) >= 11 is 0. The van der Waals surface area contributed by atoms with Gasteiger partial charge in [-0.15, -0.1) is 0 Å². The van der Waals surface area contributed by atoms with Crippen molar-refractivity contribution in [2.24, 2.45) is 18.4 Å². The van der Waals surface area contributed by atoms with Crippen LogP contribution < -0.4 is 4.90 Å². The van der Waals surface area contributed by atoms with Crippen molar-refractivity contribution >= 4 is 11.9 Å². The zero-order chi connectivity index (χ0) is 13.3. The van der Waals surface area contributed by atoms with E-state index in [1.807, 2.05) is 0 Å². The van der Waals surface area contributed by atoms with Crippen molar-refractivity contribution in [3.05, 3.63) is 0 Å². The third-order valence-corrected chi connectivity index (χ3v) is 3.87. The number of anilines is 1. The Kier molecular flexibility index (Phi) is 3.23. The van der Waals surface area contributed by atoms with Crippen LogP contribution in [0.1, 0.15) is 26.7 Å². The van der Waals surface area contributed by atoms with Crippen molar-refractivity contribution in [3.63, 3.8) is 0 Å². The highest BCUT2D eigenvalue weighted by Gasteiger charge is 2.39. The van der Waals surface area contributed by atoms with Crippen LogP contribution in [0.2, 0.25) is 0 Å². The van der Waals surface area contributed by atoms with Gasteiger partial charge in [0, 0.05) is 20.1 Å². The molecular weight excluding hydrogens is 234 g/mol. The summed E-state index contributed by atoms with van der Waals surface area (Å²) in [6.45, 7) is 5.14. The molecule has 7 heteroatoms. The van der Waals surface area contributed by atoms with Gasteiger partial charge in [-0.25, -0.2) is 4.68 Å². The van der Waals surface area contributed by atoms with Crippen molar-refractivity contribution in [2.75, 3.05) is 18.0 Å². The topological polar surface area (TPSA) is 84.1 Å². The molecule has 0 bridgehead atoms. The number of tetrazole rings is 1. The maximum Gasteiger partial charge on any atom is 0.309 e. The molecule has 1 atom stereocenters. The lowest BCUT2D eigenvalue weighted by atomic mass is 9.74. The number of carboxylic acids is 1. The van der Waals surface area contributed by atoms with Gasteiger partial charge in [0.1, 0.15) is 0 Å². The van der Waals surface area contributed by atoms with Gasteiger partial charge in [0.05, 0.1) is 5.41 Å². The van der Waals surface area contributed by atoms with Gasteiger partial charge in [-0.3, -0.25) is 4.79 Å². The van der Waals surface area contributed by atoms with Crippen LogP contribution in [-0.2, 0) is 11.8 Å². The second-order valence-corrected chi connectivity index (χ2v) is 5.41. The predicted molar refractivity (Wildman–Crippen MR) is 65.2 cm³/mol. The molecule has 1 aromatic rings. The minimum atomic E-state index is -0.745. The summed E-state index contributed by atoms with van der Waals surface area (Å²) < 4.78 is 1.62. The normalized spacial score (nSPS) is 21.1. The minimum absolute atomic E-state index is 0.112. The lowest BCUT2D eigenvalue weighted by Crippen LogP contribution is -2.45. The number of hydrogen-bond donors (Lipinski definition) is 1. The SMILES string of the molecule is Cn1nnnc1N1CCCC(C(C)(C)C(=O)O)C1. The Hall–Kier alpha value is -1.66. The quantitative estimate of drug-likeness (QED) is 0.846. The van der Waals surface area contributed by atoms with Gasteiger partial charge in [0.25, 0.3) is 0 Å². The molecule has 1 aromatic heterocycles. The van der Waals surface area contributed by atoms with Crippen LogP contribution in [0.25, 0.3) is 0 Å². The average molecular weight is 253 g/mol. The Bertz CT molecular complexity index is 442. The molecule has 1 N–H and O–H groups in total. The van der Waals surface area contributed by atoms with Crippen LogP contribution in [0.15, 0.2) is 0 Å². The van der Waals surface area contributed by atoms with E-state index in [-0.39, 0.29) is 5.92 Å². The highest BCUT2D eigenvalue weighted by atomic mass is 16.4. The van der Waals surface area contributed by atoms with E-state index in [4.69, 9.17) is 0 Å². The molecule has 1 unspecified atom stereocenters. The molecule has 100 valence electrons. The molecule has 2 rings (SSSR count). The zero-order valence-electron chi connectivity index (χ0n) is 11.0. The van der Waals surface area contributed by atoms with Crippen molar-refractivity contribution in [2.45, 2.75) is 26.7 Å². The van der Waals surface area contributed by atoms with E-state index in [0.29, 0.717) is 12.5 Å². The molecule has 1 aliphatic rings. The summed E-state index contributed by atoms with van der Waals surface area (Å²) in [6.07, 6.45) is 1.90. The maximum atomic E-state index is 11.3. The summed E-state index contributed by atoms with van der Waals surface area (Å²) in [5.74, 6) is 0.0757. The van der Waals surface area contributed by atoms with Crippen LogP contribution in [0.3, 0.4) is 0 Å². The number of carboxylic acid groups (broad SMARTS) is 1. The lowest BCUT2D eigenvalue weighted by molar-refractivity contribution is -0.150. The zero-order valence-corrected chi connectivity index (χ0v) is 11.0. The summed E-state index contributed by atoms with van der Waals surface area (Å²) in [5.41, 5.74) is -0.718. The van der Waals surface area contributed by atoms with E-state index < -0.39 is 11.4 Å². The van der Waals surface area contributed by atoms with Crippen LogP contribution in [-0.4, -0.2) is 44.4 Å². The fourth-order valence-electron chi connectivity index (χ4n) is 2.42. The first-order valence-corrected chi connectivity index (χ1v) is 6.13. The number of nitrogens with zero attached hydrogens (tertiary/aromatic N) is 5. The van der Waals surface area contributed by atoms with E-state index in [0.717, 1.165) is 19.4 Å². The molecular formula is C11H19N5O2. The Morgan fingerprint density at radius 2 is 2.22 bits per heavy atom. The smallest absolute Gasteiger partial charge is 0.309 e. The monoisotopic (exact) mass is 253 g/mol. The van der Waals surface area contributed by atoms with E-state index in [9.17, 15) is 9.90 Å². The number of aryl methyl sites for hydroxylation is 1. The van der Waals surface area contributed by atoms with Crippen LogP contribution in [0.5, 0.6) is 0 Å². The predicted octanol–water partition coefficient (Wildman–Crippen LogP) is 0.537. The van der Waals surface area contributed by atoms with E-state index in [1.54, 1.807) is 25.6 Å². The van der Waals surface area contributed by atoms with Crippen LogP contribution in [0, 0.1) is 11.3 Å². The molecule has 1 saturated heterocycles. The van der Waals surface area contributed by atoms with Crippen molar-refractivity contribution in [1.82, 2.24) is 20.2 Å². The third kappa shape index (κ3) is 2.16. The number of piperidine rings is 1. The molecule has 1 fully saturated rings. The Morgan fingerprint density at radius 3 is 2.78 bits per heavy atom. The van der Waals surface area contributed by atoms with Gasteiger partial charge in [-0.1, -0.05) is 5.10 Å². The summed E-state index contributed by atoms with van der Waals surface area (Å²) in [6, 6.07) is 0. The molecule has 2 heterocycles. The Balaban J connectivity index is 2.15. The molecule has 0 spiro atoms. The molecule has 0 aromatic carbocycles. The first-order valence-electron chi connectivity index (χ1n) is 6.13. The highest BCUT2D eigenvalue weighted by molar-refractivity contribution is 5.74. The van der Waals surface area contributed by atoms with Crippen LogP contribution >= 0.6 is 0 Å². The number of hydrogen-bond acceptors (Lipinski definition) is 5. The fraction of sp³-hybridized carbons (Fsp3) is 0.818. The third-order valence-electron chi connectivity index (χ3n) is 3.87. The van der Waals surface area contributed by atoms with Crippen molar-refractivity contribution < 1.29 is 9.90 Å². The van der Waals surface area contributed by atoms with Gasteiger partial charge in [0.2, 0.25) is 5.95 Å². The molecule has 0 radical (unpaired) electrons. The van der Waals surface area contributed by atoms with Gasteiger partial charge < -0.3 is 10.0 Å². The van der Waals surface area contributed by atoms with E-state index >= 15 is 0 Å². The molecule has 1 aliphatic heterocycles. The Labute approximate surface area is 106 Å². The number of carbonyl (C=O) groups is 1. The van der Waals surface area contributed by atoms with Gasteiger partial charge in [-0.05, 0) is 43.0 Å². The molecule has 7 nitrogen and oxygen atoms in total. The second-order valence-electron chi connectivity index (χ2n) is 5.41. The fourth-order valence-corrected chi connectivity index (χ4v) is 2.42. The van der Waals surface area contributed by atoms with Crippen molar-refractivity contribution in [3.8, 4) is 0 Å². The average Bonchev–Trinajstić information content (AvgIpc) is 2.75. The van der Waals surface area contributed by atoms with Gasteiger partial charge >= 0.3 is 5.97 Å². The largest absolute Gasteiger partial charge is 0.481 e. The number of aromatic nitrogens is 4. The lowest BCUT2D eigenvalue weighted by Gasteiger charge is -2.39. The summed E-state index contributed by atoms with van der Waals surface area (Å²) in [5, 5.41) is 20.7. The first kappa shape index (κ1) is 12.8. The molecule has 18 heavy (non-hydrogen) atoms. The van der Waals surface area contributed by atoms with Crippen molar-refractivity contribution in [1.29, 1.82) is 0 Å².